The SMILES string of the molecule is CN=C(C=CN)Nc1ncc(C)c(-c2cc3n(c2)CCn2c-3nnc2C(F)(F)c2ccccc2Cl)n1. The summed E-state index contributed by atoms with van der Waals surface area (Å²) in [6.45, 7) is 2.65. The Morgan fingerprint density at radius 2 is 2.06 bits per heavy atom. The number of amidine groups is 1. The van der Waals surface area contributed by atoms with Crippen LogP contribution < -0.4 is 11.1 Å². The smallest absolute Gasteiger partial charge is 0.333 e. The molecule has 4 aromatic rings. The number of aromatic nitrogens is 6. The average molecular weight is 510 g/mol. The van der Waals surface area contributed by atoms with E-state index in [2.05, 4.69) is 30.5 Å². The molecule has 0 radical (unpaired) electrons. The first kappa shape index (κ1) is 23.6. The van der Waals surface area contributed by atoms with Crippen LogP contribution in [-0.4, -0.2) is 42.2 Å². The van der Waals surface area contributed by atoms with Gasteiger partial charge in [0.15, 0.2) is 5.82 Å². The molecule has 0 unspecified atom stereocenters. The third-order valence-electron chi connectivity index (χ3n) is 5.91. The molecular weight excluding hydrogens is 488 g/mol. The summed E-state index contributed by atoms with van der Waals surface area (Å²) >= 11 is 6.07. The van der Waals surface area contributed by atoms with Crippen molar-refractivity contribution in [2.75, 3.05) is 12.4 Å². The van der Waals surface area contributed by atoms with Gasteiger partial charge in [0.2, 0.25) is 11.8 Å². The van der Waals surface area contributed by atoms with Crippen molar-refractivity contribution in [1.29, 1.82) is 0 Å². The van der Waals surface area contributed by atoms with Gasteiger partial charge in [-0.05, 0) is 36.9 Å². The fourth-order valence-electron chi connectivity index (χ4n) is 4.17. The minimum atomic E-state index is -3.40. The van der Waals surface area contributed by atoms with Crippen molar-refractivity contribution in [3.63, 3.8) is 0 Å². The standard InChI is InChI=1S/C24H22ClF2N9/c1-14-12-30-23(31-19(29-2)7-8-28)32-20(14)15-11-18-21-33-34-22(36(21)10-9-35(18)13-15)24(26,27)16-5-3-4-6-17(16)25/h3-8,11-13H,9-10,28H2,1-2H3,(H,29,30,31,32). The third-order valence-corrected chi connectivity index (χ3v) is 6.24. The van der Waals surface area contributed by atoms with E-state index >= 15 is 8.78 Å². The average Bonchev–Trinajstić information content (AvgIpc) is 3.49. The molecule has 0 amide bonds. The minimum Gasteiger partial charge on any atom is -0.404 e. The lowest BCUT2D eigenvalue weighted by Gasteiger charge is -2.22. The van der Waals surface area contributed by atoms with Gasteiger partial charge in [-0.2, -0.15) is 8.78 Å². The van der Waals surface area contributed by atoms with Crippen LogP contribution in [0.25, 0.3) is 22.8 Å². The van der Waals surface area contributed by atoms with E-state index in [4.69, 9.17) is 17.3 Å². The second kappa shape index (κ2) is 9.15. The van der Waals surface area contributed by atoms with Crippen LogP contribution >= 0.6 is 11.6 Å². The molecule has 0 fully saturated rings. The van der Waals surface area contributed by atoms with Gasteiger partial charge in [-0.25, -0.2) is 9.97 Å². The van der Waals surface area contributed by atoms with Crippen LogP contribution in [0.3, 0.4) is 0 Å². The van der Waals surface area contributed by atoms with Gasteiger partial charge in [0.25, 0.3) is 0 Å². The van der Waals surface area contributed by atoms with Gasteiger partial charge in [-0.15, -0.1) is 10.2 Å². The first-order valence-electron chi connectivity index (χ1n) is 11.1. The summed E-state index contributed by atoms with van der Waals surface area (Å²) in [6, 6.07) is 7.73. The Kier molecular flexibility index (Phi) is 6.00. The number of nitrogens with one attached hydrogen (secondary N) is 1. The van der Waals surface area contributed by atoms with Crippen molar-refractivity contribution in [2.45, 2.75) is 25.9 Å². The fourth-order valence-corrected chi connectivity index (χ4v) is 4.42. The van der Waals surface area contributed by atoms with E-state index in [1.165, 1.54) is 29.0 Å². The molecule has 36 heavy (non-hydrogen) atoms. The highest BCUT2D eigenvalue weighted by atomic mass is 35.5. The van der Waals surface area contributed by atoms with Crippen LogP contribution in [0.2, 0.25) is 5.02 Å². The molecule has 1 aliphatic heterocycles. The zero-order valence-electron chi connectivity index (χ0n) is 19.5. The van der Waals surface area contributed by atoms with Crippen molar-refractivity contribution < 1.29 is 8.78 Å². The van der Waals surface area contributed by atoms with Gasteiger partial charge in [-0.3, -0.25) is 4.99 Å². The monoisotopic (exact) mass is 509 g/mol. The largest absolute Gasteiger partial charge is 0.404 e. The molecule has 0 spiro atoms. The van der Waals surface area contributed by atoms with Gasteiger partial charge >= 0.3 is 5.92 Å². The molecule has 0 saturated carbocycles. The molecule has 0 bridgehead atoms. The molecule has 1 aromatic carbocycles. The van der Waals surface area contributed by atoms with Gasteiger partial charge in [0.1, 0.15) is 5.84 Å². The predicted octanol–water partition coefficient (Wildman–Crippen LogP) is 4.23. The van der Waals surface area contributed by atoms with E-state index in [1.54, 1.807) is 25.4 Å². The van der Waals surface area contributed by atoms with Gasteiger partial charge < -0.3 is 20.2 Å². The number of aryl methyl sites for hydroxylation is 2. The Labute approximate surface area is 210 Å². The number of hydrogen-bond acceptors (Lipinski definition) is 6. The Morgan fingerprint density at radius 1 is 1.25 bits per heavy atom. The van der Waals surface area contributed by atoms with Crippen molar-refractivity contribution in [1.82, 2.24) is 29.3 Å². The number of alkyl halides is 2. The number of fused-ring (bicyclic) bond motifs is 3. The molecule has 0 atom stereocenters. The maximum atomic E-state index is 15.4. The number of halogens is 3. The summed E-state index contributed by atoms with van der Waals surface area (Å²) in [6.07, 6.45) is 6.59. The Balaban J connectivity index is 1.52. The van der Waals surface area contributed by atoms with Crippen LogP contribution in [0.15, 0.2) is 60.0 Å². The van der Waals surface area contributed by atoms with E-state index < -0.39 is 11.7 Å². The molecule has 0 aliphatic carbocycles. The second-order valence-corrected chi connectivity index (χ2v) is 8.59. The highest BCUT2D eigenvalue weighted by molar-refractivity contribution is 6.31. The van der Waals surface area contributed by atoms with Crippen LogP contribution in [0.5, 0.6) is 0 Å². The number of hydrogen-bond donors (Lipinski definition) is 2. The first-order valence-corrected chi connectivity index (χ1v) is 11.4. The normalized spacial score (nSPS) is 13.6. The van der Waals surface area contributed by atoms with E-state index in [0.717, 1.165) is 11.1 Å². The van der Waals surface area contributed by atoms with Gasteiger partial charge in [0.05, 0.1) is 16.4 Å². The third kappa shape index (κ3) is 4.01. The Hall–Kier alpha value is -4.12. The second-order valence-electron chi connectivity index (χ2n) is 8.18. The molecule has 5 rings (SSSR count). The number of nitrogens with zero attached hydrogens (tertiary/aromatic N) is 7. The minimum absolute atomic E-state index is 0.0248. The maximum absolute atomic E-state index is 15.4. The van der Waals surface area contributed by atoms with Crippen LogP contribution in [-0.2, 0) is 19.0 Å². The van der Waals surface area contributed by atoms with E-state index in [0.29, 0.717) is 35.5 Å². The van der Waals surface area contributed by atoms with Gasteiger partial charge in [-0.1, -0.05) is 29.8 Å². The number of nitrogens with two attached hydrogens (primary N) is 1. The summed E-state index contributed by atoms with van der Waals surface area (Å²) in [5, 5.41) is 11.0. The summed E-state index contributed by atoms with van der Waals surface area (Å²) < 4.78 is 34.3. The lowest BCUT2D eigenvalue weighted by molar-refractivity contribution is 0.0284. The number of benzene rings is 1. The summed E-state index contributed by atoms with van der Waals surface area (Å²) in [7, 11) is 1.62. The zero-order valence-corrected chi connectivity index (χ0v) is 20.2. The lowest BCUT2D eigenvalue weighted by Crippen LogP contribution is -2.25. The Morgan fingerprint density at radius 3 is 2.81 bits per heavy atom. The molecule has 12 heteroatoms. The first-order chi connectivity index (χ1) is 17.3. The molecule has 0 saturated heterocycles. The zero-order chi connectivity index (χ0) is 25.4. The van der Waals surface area contributed by atoms with Crippen molar-refractivity contribution in [2.24, 2.45) is 10.7 Å². The topological polar surface area (TPSA) is 112 Å². The van der Waals surface area contributed by atoms with Crippen LogP contribution in [0, 0.1) is 6.92 Å². The molecular formula is C24H22ClF2N9. The number of anilines is 1. The van der Waals surface area contributed by atoms with E-state index in [1.807, 2.05) is 23.8 Å². The quantitative estimate of drug-likeness (QED) is 0.307. The highest BCUT2D eigenvalue weighted by Gasteiger charge is 2.43. The van der Waals surface area contributed by atoms with Crippen molar-refractivity contribution in [3.8, 4) is 22.8 Å². The lowest BCUT2D eigenvalue weighted by atomic mass is 10.1. The summed E-state index contributed by atoms with van der Waals surface area (Å²) in [4.78, 5) is 13.0. The van der Waals surface area contributed by atoms with E-state index in [9.17, 15) is 0 Å². The van der Waals surface area contributed by atoms with Gasteiger partial charge in [0, 0.05) is 43.7 Å². The number of rotatable bonds is 5. The Bertz CT molecular complexity index is 1500. The molecule has 3 aromatic heterocycles. The van der Waals surface area contributed by atoms with Crippen molar-refractivity contribution in [3.05, 3.63) is 77.0 Å². The molecule has 184 valence electrons. The number of aliphatic imine (C=N–C) groups is 1. The molecule has 3 N–H and O–H groups in total. The predicted molar refractivity (Wildman–Crippen MR) is 134 cm³/mol. The molecule has 4 heterocycles. The van der Waals surface area contributed by atoms with Crippen LogP contribution in [0.1, 0.15) is 17.0 Å². The van der Waals surface area contributed by atoms with Crippen molar-refractivity contribution >= 4 is 23.4 Å². The highest BCUT2D eigenvalue weighted by Crippen LogP contribution is 2.41. The molecule has 9 nitrogen and oxygen atoms in total. The van der Waals surface area contributed by atoms with Crippen LogP contribution in [0.4, 0.5) is 14.7 Å². The maximum Gasteiger partial charge on any atom is 0.333 e. The fraction of sp³-hybridized carbons (Fsp3) is 0.208. The molecule has 1 aliphatic rings. The van der Waals surface area contributed by atoms with E-state index in [-0.39, 0.29) is 17.1 Å². The summed E-state index contributed by atoms with van der Waals surface area (Å²) in [5.41, 5.74) is 8.15. The summed E-state index contributed by atoms with van der Waals surface area (Å²) in [5.74, 6) is -2.63.